The van der Waals surface area contributed by atoms with Crippen LogP contribution >= 0.6 is 31.9 Å². The fourth-order valence-corrected chi connectivity index (χ4v) is 2.80. The molecule has 1 rings (SSSR count). The minimum absolute atomic E-state index is 0.692. The van der Waals surface area contributed by atoms with E-state index < -0.39 is 0 Å². The second-order valence-electron chi connectivity index (χ2n) is 4.69. The Balaban J connectivity index is 2.37. The highest BCUT2D eigenvalue weighted by Crippen LogP contribution is 2.34. The lowest BCUT2D eigenvalue weighted by Gasteiger charge is -2.12. The molecule has 1 aromatic rings. The average molecular weight is 395 g/mol. The number of ether oxygens (including phenoxy) is 2. The Labute approximate surface area is 132 Å². The van der Waals surface area contributed by atoms with Crippen molar-refractivity contribution >= 4 is 37.5 Å². The smallest absolute Gasteiger partial charge is 0.135 e. The zero-order valence-electron chi connectivity index (χ0n) is 11.6. The van der Waals surface area contributed by atoms with Crippen LogP contribution in [0.4, 0.5) is 5.69 Å². The topological polar surface area (TPSA) is 30.5 Å². The molecule has 0 spiro atoms. The molecule has 0 saturated heterocycles. The molecule has 3 nitrogen and oxygen atoms in total. The van der Waals surface area contributed by atoms with Crippen LogP contribution in [0.2, 0.25) is 0 Å². The number of benzene rings is 1. The molecule has 0 fully saturated rings. The normalized spacial score (nSPS) is 10.8. The van der Waals surface area contributed by atoms with E-state index in [1.807, 2.05) is 12.1 Å². The van der Waals surface area contributed by atoms with Crippen LogP contribution in [0.3, 0.4) is 0 Å². The summed E-state index contributed by atoms with van der Waals surface area (Å²) in [5, 5.41) is 3.33. The van der Waals surface area contributed by atoms with Crippen LogP contribution < -0.4 is 10.1 Å². The molecule has 0 aliphatic heterocycles. The molecule has 0 aliphatic rings. The van der Waals surface area contributed by atoms with Crippen molar-refractivity contribution in [3.8, 4) is 5.75 Å². The van der Waals surface area contributed by atoms with Crippen LogP contribution in [0.25, 0.3) is 0 Å². The van der Waals surface area contributed by atoms with Gasteiger partial charge in [-0.2, -0.15) is 0 Å². The van der Waals surface area contributed by atoms with Crippen LogP contribution in [-0.2, 0) is 4.74 Å². The summed E-state index contributed by atoms with van der Waals surface area (Å²) < 4.78 is 12.8. The maximum absolute atomic E-state index is 5.57. The van der Waals surface area contributed by atoms with Crippen molar-refractivity contribution < 1.29 is 9.47 Å². The van der Waals surface area contributed by atoms with Gasteiger partial charge < -0.3 is 14.8 Å². The predicted molar refractivity (Wildman–Crippen MR) is 87.2 cm³/mol. The summed E-state index contributed by atoms with van der Waals surface area (Å²) in [7, 11) is 1.66. The fourth-order valence-electron chi connectivity index (χ4n) is 1.50. The lowest BCUT2D eigenvalue weighted by molar-refractivity contribution is 0.132. The first-order valence-electron chi connectivity index (χ1n) is 6.39. The summed E-state index contributed by atoms with van der Waals surface area (Å²) in [6.07, 6.45) is 1.11. The van der Waals surface area contributed by atoms with Gasteiger partial charge in [0, 0.05) is 23.7 Å². The molecule has 1 N–H and O–H groups in total. The quantitative estimate of drug-likeness (QED) is 0.648. The first kappa shape index (κ1) is 16.8. The number of rotatable bonds is 8. The first-order valence-corrected chi connectivity index (χ1v) is 7.97. The number of anilines is 1. The number of hydrogen-bond donors (Lipinski definition) is 1. The molecule has 0 heterocycles. The zero-order chi connectivity index (χ0) is 14.3. The second-order valence-corrected chi connectivity index (χ2v) is 6.40. The zero-order valence-corrected chi connectivity index (χ0v) is 14.8. The van der Waals surface area contributed by atoms with Gasteiger partial charge >= 0.3 is 0 Å². The third kappa shape index (κ3) is 6.15. The lowest BCUT2D eigenvalue weighted by atomic mass is 10.1. The van der Waals surface area contributed by atoms with Gasteiger partial charge in [-0.15, -0.1) is 0 Å². The van der Waals surface area contributed by atoms with Gasteiger partial charge in [-0.3, -0.25) is 0 Å². The Bertz CT molecular complexity index is 397. The van der Waals surface area contributed by atoms with Crippen molar-refractivity contribution in [3.05, 3.63) is 21.1 Å². The molecule has 108 valence electrons. The summed E-state index contributed by atoms with van der Waals surface area (Å²) in [5.74, 6) is 1.50. The lowest BCUT2D eigenvalue weighted by Crippen LogP contribution is -2.11. The molecule has 0 saturated carbocycles. The van der Waals surface area contributed by atoms with E-state index in [-0.39, 0.29) is 0 Å². The molecule has 0 aliphatic carbocycles. The SMILES string of the molecule is COc1cc(NCCOCCC(C)C)c(Br)cc1Br. The number of halogens is 2. The second kappa shape index (κ2) is 8.82. The van der Waals surface area contributed by atoms with E-state index in [2.05, 4.69) is 51.0 Å². The summed E-state index contributed by atoms with van der Waals surface area (Å²) in [6, 6.07) is 3.93. The minimum Gasteiger partial charge on any atom is -0.495 e. The van der Waals surface area contributed by atoms with Crippen LogP contribution in [-0.4, -0.2) is 26.9 Å². The Morgan fingerprint density at radius 3 is 2.53 bits per heavy atom. The van der Waals surface area contributed by atoms with Crippen molar-refractivity contribution in [2.75, 3.05) is 32.2 Å². The van der Waals surface area contributed by atoms with Crippen LogP contribution in [0.15, 0.2) is 21.1 Å². The molecule has 0 atom stereocenters. The van der Waals surface area contributed by atoms with Gasteiger partial charge in [-0.05, 0) is 50.3 Å². The molecule has 0 bridgehead atoms. The van der Waals surface area contributed by atoms with E-state index in [0.29, 0.717) is 12.5 Å². The average Bonchev–Trinajstić information content (AvgIpc) is 2.35. The molecule has 1 aromatic carbocycles. The number of hydrogen-bond acceptors (Lipinski definition) is 3. The predicted octanol–water partition coefficient (Wildman–Crippen LogP) is 4.69. The van der Waals surface area contributed by atoms with Gasteiger partial charge in [0.25, 0.3) is 0 Å². The third-order valence-corrected chi connectivity index (χ3v) is 3.92. The Morgan fingerprint density at radius 1 is 1.16 bits per heavy atom. The number of methoxy groups -OCH3 is 1. The first-order chi connectivity index (χ1) is 9.04. The molecule has 0 aromatic heterocycles. The van der Waals surface area contributed by atoms with Gasteiger partial charge in [0.05, 0.1) is 23.9 Å². The van der Waals surface area contributed by atoms with E-state index >= 15 is 0 Å². The highest BCUT2D eigenvalue weighted by molar-refractivity contribution is 9.11. The molecule has 0 unspecified atom stereocenters. The Hall–Kier alpha value is -0.260. The summed E-state index contributed by atoms with van der Waals surface area (Å²) in [6.45, 7) is 6.71. The van der Waals surface area contributed by atoms with E-state index in [4.69, 9.17) is 9.47 Å². The van der Waals surface area contributed by atoms with Gasteiger partial charge in [-0.1, -0.05) is 13.8 Å². The van der Waals surface area contributed by atoms with Gasteiger partial charge in [-0.25, -0.2) is 0 Å². The monoisotopic (exact) mass is 393 g/mol. The van der Waals surface area contributed by atoms with E-state index in [9.17, 15) is 0 Å². The minimum atomic E-state index is 0.692. The Morgan fingerprint density at radius 2 is 1.89 bits per heavy atom. The maximum Gasteiger partial charge on any atom is 0.135 e. The molecular weight excluding hydrogens is 374 g/mol. The largest absolute Gasteiger partial charge is 0.495 e. The van der Waals surface area contributed by atoms with Crippen molar-refractivity contribution in [1.29, 1.82) is 0 Å². The van der Waals surface area contributed by atoms with Crippen LogP contribution in [0.5, 0.6) is 5.75 Å². The van der Waals surface area contributed by atoms with Crippen molar-refractivity contribution in [3.63, 3.8) is 0 Å². The van der Waals surface area contributed by atoms with Gasteiger partial charge in [0.1, 0.15) is 5.75 Å². The maximum atomic E-state index is 5.57. The van der Waals surface area contributed by atoms with Gasteiger partial charge in [0.2, 0.25) is 0 Å². The molecule has 5 heteroatoms. The fraction of sp³-hybridized carbons (Fsp3) is 0.571. The summed E-state index contributed by atoms with van der Waals surface area (Å²) >= 11 is 6.97. The van der Waals surface area contributed by atoms with Crippen molar-refractivity contribution in [2.24, 2.45) is 5.92 Å². The molecular formula is C14H21Br2NO2. The highest BCUT2D eigenvalue weighted by atomic mass is 79.9. The van der Waals surface area contributed by atoms with Crippen LogP contribution in [0, 0.1) is 5.92 Å². The molecule has 19 heavy (non-hydrogen) atoms. The van der Waals surface area contributed by atoms with Gasteiger partial charge in [0.15, 0.2) is 0 Å². The van der Waals surface area contributed by atoms with E-state index in [1.54, 1.807) is 7.11 Å². The van der Waals surface area contributed by atoms with Crippen molar-refractivity contribution in [2.45, 2.75) is 20.3 Å². The summed E-state index contributed by atoms with van der Waals surface area (Å²) in [5.41, 5.74) is 1.01. The third-order valence-electron chi connectivity index (χ3n) is 2.64. The van der Waals surface area contributed by atoms with Crippen LogP contribution in [0.1, 0.15) is 20.3 Å². The van der Waals surface area contributed by atoms with E-state index in [1.165, 1.54) is 0 Å². The van der Waals surface area contributed by atoms with E-state index in [0.717, 1.165) is 40.0 Å². The number of nitrogens with one attached hydrogen (secondary N) is 1. The molecule has 0 amide bonds. The summed E-state index contributed by atoms with van der Waals surface area (Å²) in [4.78, 5) is 0. The standard InChI is InChI=1S/C14H21Br2NO2/c1-10(2)4-6-19-7-5-17-13-9-14(18-3)12(16)8-11(13)15/h8-10,17H,4-7H2,1-3H3. The Kier molecular flexibility index (Phi) is 7.80. The molecule has 0 radical (unpaired) electrons. The highest BCUT2D eigenvalue weighted by Gasteiger charge is 2.06. The van der Waals surface area contributed by atoms with Crippen molar-refractivity contribution in [1.82, 2.24) is 0 Å².